The summed E-state index contributed by atoms with van der Waals surface area (Å²) in [5.41, 5.74) is 0.485. The number of aliphatic hydroxyl groups is 1. The first kappa shape index (κ1) is 15.0. The Labute approximate surface area is 121 Å². The minimum absolute atomic E-state index is 0.570. The molecular weight excluding hydrogens is 252 g/mol. The minimum atomic E-state index is -0.591. The molecule has 1 fully saturated rings. The van der Waals surface area contributed by atoms with Gasteiger partial charge in [-0.05, 0) is 19.3 Å². The number of nitrogens with one attached hydrogen (secondary N) is 2. The molecule has 0 amide bonds. The van der Waals surface area contributed by atoms with Crippen molar-refractivity contribution >= 4 is 11.6 Å². The molecule has 1 saturated carbocycles. The molecule has 1 aliphatic carbocycles. The van der Waals surface area contributed by atoms with Gasteiger partial charge < -0.3 is 15.7 Å². The van der Waals surface area contributed by atoms with Crippen molar-refractivity contribution in [3.05, 3.63) is 11.9 Å². The number of aromatic nitrogens is 2. The van der Waals surface area contributed by atoms with E-state index >= 15 is 0 Å². The molecule has 5 nitrogen and oxygen atoms in total. The first-order valence-electron chi connectivity index (χ1n) is 7.66. The molecule has 0 atom stereocenters. The van der Waals surface area contributed by atoms with Gasteiger partial charge in [-0.15, -0.1) is 0 Å². The van der Waals surface area contributed by atoms with Crippen molar-refractivity contribution in [1.29, 1.82) is 0 Å². The summed E-state index contributed by atoms with van der Waals surface area (Å²) < 4.78 is 0. The van der Waals surface area contributed by atoms with Crippen molar-refractivity contribution in [1.82, 2.24) is 9.97 Å². The van der Waals surface area contributed by atoms with Crippen LogP contribution in [0.5, 0.6) is 0 Å². The van der Waals surface area contributed by atoms with E-state index in [9.17, 15) is 5.11 Å². The number of anilines is 2. The fourth-order valence-electron chi connectivity index (χ4n) is 2.93. The lowest BCUT2D eigenvalue weighted by atomic mass is 9.94. The number of nitrogens with zero attached hydrogens (tertiary/aromatic N) is 2. The zero-order valence-corrected chi connectivity index (χ0v) is 12.6. The highest BCUT2D eigenvalue weighted by Crippen LogP contribution is 2.28. The first-order valence-corrected chi connectivity index (χ1v) is 7.66. The summed E-state index contributed by atoms with van der Waals surface area (Å²) in [5.74, 6) is 1.70. The summed E-state index contributed by atoms with van der Waals surface area (Å²) in [6.07, 6.45) is 8.88. The van der Waals surface area contributed by atoms with Gasteiger partial charge in [0.1, 0.15) is 18.0 Å². The molecule has 112 valence electrons. The minimum Gasteiger partial charge on any atom is -0.388 e. The van der Waals surface area contributed by atoms with Crippen molar-refractivity contribution in [3.8, 4) is 0 Å². The summed E-state index contributed by atoms with van der Waals surface area (Å²) in [5, 5.41) is 17.1. The third-order valence-corrected chi connectivity index (χ3v) is 4.15. The van der Waals surface area contributed by atoms with Crippen LogP contribution < -0.4 is 10.6 Å². The first-order chi connectivity index (χ1) is 9.68. The molecule has 0 bridgehead atoms. The van der Waals surface area contributed by atoms with Crippen LogP contribution in [0.3, 0.4) is 0 Å². The lowest BCUT2D eigenvalue weighted by molar-refractivity contribution is 0.0380. The SMILES string of the molecule is CCc1c(NC)ncnc1NCC1(O)CCCCCC1. The molecule has 3 N–H and O–H groups in total. The Balaban J connectivity index is 2.06. The van der Waals surface area contributed by atoms with Gasteiger partial charge in [0.05, 0.1) is 5.60 Å². The Bertz CT molecular complexity index is 428. The van der Waals surface area contributed by atoms with E-state index in [2.05, 4.69) is 27.5 Å². The summed E-state index contributed by atoms with van der Waals surface area (Å²) >= 11 is 0. The standard InChI is InChI=1S/C15H26N4O/c1-3-12-13(16-2)18-11-19-14(12)17-10-15(20)8-6-4-5-7-9-15/h11,20H,3-10H2,1-2H3,(H2,16,17,18,19). The number of rotatable bonds is 5. The Morgan fingerprint density at radius 2 is 1.80 bits per heavy atom. The highest BCUT2D eigenvalue weighted by Gasteiger charge is 2.28. The van der Waals surface area contributed by atoms with Crippen LogP contribution in [0.4, 0.5) is 11.6 Å². The maximum Gasteiger partial charge on any atom is 0.134 e. The van der Waals surface area contributed by atoms with Crippen LogP contribution in [0, 0.1) is 0 Å². The van der Waals surface area contributed by atoms with Crippen LogP contribution in [0.1, 0.15) is 51.0 Å². The van der Waals surface area contributed by atoms with Crippen LogP contribution in [-0.2, 0) is 6.42 Å². The van der Waals surface area contributed by atoms with Crippen LogP contribution in [0.2, 0.25) is 0 Å². The molecule has 0 unspecified atom stereocenters. The predicted molar refractivity (Wildman–Crippen MR) is 82.1 cm³/mol. The van der Waals surface area contributed by atoms with E-state index in [0.717, 1.165) is 49.3 Å². The third-order valence-electron chi connectivity index (χ3n) is 4.15. The monoisotopic (exact) mass is 278 g/mol. The summed E-state index contributed by atoms with van der Waals surface area (Å²) in [6.45, 7) is 2.66. The normalized spacial score (nSPS) is 18.4. The highest BCUT2D eigenvalue weighted by molar-refractivity contribution is 5.57. The second-order valence-electron chi connectivity index (χ2n) is 5.65. The van der Waals surface area contributed by atoms with Crippen molar-refractivity contribution in [2.75, 3.05) is 24.2 Å². The van der Waals surface area contributed by atoms with E-state index < -0.39 is 5.60 Å². The second-order valence-corrected chi connectivity index (χ2v) is 5.65. The average Bonchev–Trinajstić information content (AvgIpc) is 2.69. The summed E-state index contributed by atoms with van der Waals surface area (Å²) in [6, 6.07) is 0. The Kier molecular flexibility index (Phi) is 5.17. The van der Waals surface area contributed by atoms with E-state index in [0.29, 0.717) is 6.54 Å². The molecule has 0 radical (unpaired) electrons. The van der Waals surface area contributed by atoms with Crippen LogP contribution in [0.25, 0.3) is 0 Å². The van der Waals surface area contributed by atoms with Gasteiger partial charge >= 0.3 is 0 Å². The lowest BCUT2D eigenvalue weighted by Gasteiger charge is -2.27. The van der Waals surface area contributed by atoms with Crippen LogP contribution in [-0.4, -0.2) is 34.3 Å². The van der Waals surface area contributed by atoms with E-state index in [1.165, 1.54) is 12.8 Å². The van der Waals surface area contributed by atoms with Crippen molar-refractivity contribution in [2.24, 2.45) is 0 Å². The molecule has 2 rings (SSSR count). The van der Waals surface area contributed by atoms with Gasteiger partial charge in [-0.2, -0.15) is 0 Å². The van der Waals surface area contributed by atoms with Gasteiger partial charge in [0.15, 0.2) is 0 Å². The van der Waals surface area contributed by atoms with Crippen molar-refractivity contribution in [3.63, 3.8) is 0 Å². The number of hydrogen-bond acceptors (Lipinski definition) is 5. The smallest absolute Gasteiger partial charge is 0.134 e. The van der Waals surface area contributed by atoms with Crippen LogP contribution in [0.15, 0.2) is 6.33 Å². The zero-order valence-electron chi connectivity index (χ0n) is 12.6. The zero-order chi connectivity index (χ0) is 14.4. The fourth-order valence-corrected chi connectivity index (χ4v) is 2.93. The Morgan fingerprint density at radius 1 is 1.15 bits per heavy atom. The van der Waals surface area contributed by atoms with Gasteiger partial charge in [-0.3, -0.25) is 0 Å². The summed E-state index contributed by atoms with van der Waals surface area (Å²) in [4.78, 5) is 8.55. The maximum atomic E-state index is 10.7. The molecule has 20 heavy (non-hydrogen) atoms. The number of hydrogen-bond donors (Lipinski definition) is 3. The molecule has 0 aliphatic heterocycles. The van der Waals surface area contributed by atoms with Gasteiger partial charge in [-0.25, -0.2) is 9.97 Å². The molecule has 5 heteroatoms. The van der Waals surface area contributed by atoms with E-state index in [1.54, 1.807) is 6.33 Å². The Morgan fingerprint density at radius 3 is 2.40 bits per heavy atom. The van der Waals surface area contributed by atoms with Gasteiger partial charge in [0, 0.05) is 19.2 Å². The van der Waals surface area contributed by atoms with E-state index in [-0.39, 0.29) is 0 Å². The molecule has 0 saturated heterocycles. The van der Waals surface area contributed by atoms with Gasteiger partial charge in [-0.1, -0.05) is 32.6 Å². The molecule has 1 aromatic heterocycles. The second kappa shape index (κ2) is 6.88. The largest absolute Gasteiger partial charge is 0.388 e. The highest BCUT2D eigenvalue weighted by atomic mass is 16.3. The van der Waals surface area contributed by atoms with Gasteiger partial charge in [0.25, 0.3) is 0 Å². The molecule has 0 aromatic carbocycles. The molecule has 1 heterocycles. The quantitative estimate of drug-likeness (QED) is 0.722. The van der Waals surface area contributed by atoms with Gasteiger partial charge in [0.2, 0.25) is 0 Å². The molecule has 0 spiro atoms. The molecular formula is C15H26N4O. The molecule has 1 aliphatic rings. The lowest BCUT2D eigenvalue weighted by Crippen LogP contribution is -2.36. The third kappa shape index (κ3) is 3.60. The van der Waals surface area contributed by atoms with E-state index in [1.807, 2.05) is 7.05 Å². The summed E-state index contributed by atoms with van der Waals surface area (Å²) in [7, 11) is 1.87. The van der Waals surface area contributed by atoms with Crippen LogP contribution >= 0.6 is 0 Å². The topological polar surface area (TPSA) is 70.1 Å². The fraction of sp³-hybridized carbons (Fsp3) is 0.733. The van der Waals surface area contributed by atoms with E-state index in [4.69, 9.17) is 0 Å². The van der Waals surface area contributed by atoms with Crippen molar-refractivity contribution < 1.29 is 5.11 Å². The van der Waals surface area contributed by atoms with Crippen molar-refractivity contribution in [2.45, 2.75) is 57.5 Å². The predicted octanol–water partition coefficient (Wildman–Crippen LogP) is 2.58. The maximum absolute atomic E-state index is 10.7. The molecule has 1 aromatic rings. The Hall–Kier alpha value is -1.36. The average molecular weight is 278 g/mol.